The quantitative estimate of drug-likeness (QED) is 0.607. The lowest BCUT2D eigenvalue weighted by atomic mass is 10.0. The van der Waals surface area contributed by atoms with Gasteiger partial charge in [0.15, 0.2) is 0 Å². The number of amides is 1. The van der Waals surface area contributed by atoms with Crippen molar-refractivity contribution in [2.45, 2.75) is 24.9 Å². The van der Waals surface area contributed by atoms with Crippen molar-refractivity contribution in [1.29, 1.82) is 0 Å². The van der Waals surface area contributed by atoms with Crippen LogP contribution in [0, 0.1) is 0 Å². The van der Waals surface area contributed by atoms with Crippen molar-refractivity contribution in [2.75, 3.05) is 0 Å². The van der Waals surface area contributed by atoms with Gasteiger partial charge in [-0.1, -0.05) is 42.5 Å². The number of carbonyl (C=O) groups is 2. The van der Waals surface area contributed by atoms with Gasteiger partial charge in [0.1, 0.15) is 11.8 Å². The van der Waals surface area contributed by atoms with E-state index in [0.717, 1.165) is 5.56 Å². The molecule has 0 radical (unpaired) electrons. The summed E-state index contributed by atoms with van der Waals surface area (Å²) in [5.41, 5.74) is 7.47. The zero-order chi connectivity index (χ0) is 17.5. The second kappa shape index (κ2) is 8.12. The van der Waals surface area contributed by atoms with E-state index in [-0.39, 0.29) is 12.2 Å². The Hall–Kier alpha value is -2.86. The highest BCUT2D eigenvalue weighted by Gasteiger charge is 2.23. The summed E-state index contributed by atoms with van der Waals surface area (Å²) in [7, 11) is 0. The van der Waals surface area contributed by atoms with Crippen molar-refractivity contribution in [1.82, 2.24) is 5.32 Å². The molecule has 2 rings (SSSR count). The highest BCUT2D eigenvalue weighted by Crippen LogP contribution is 2.11. The molecule has 0 aliphatic heterocycles. The lowest BCUT2D eigenvalue weighted by Crippen LogP contribution is -2.50. The highest BCUT2D eigenvalue weighted by molar-refractivity contribution is 5.87. The first-order valence-corrected chi connectivity index (χ1v) is 7.56. The Kier molecular flexibility index (Phi) is 5.92. The number of aromatic hydroxyl groups is 1. The maximum Gasteiger partial charge on any atom is 0.326 e. The Morgan fingerprint density at radius 2 is 1.54 bits per heavy atom. The smallest absolute Gasteiger partial charge is 0.326 e. The molecular weight excluding hydrogens is 308 g/mol. The summed E-state index contributed by atoms with van der Waals surface area (Å²) >= 11 is 0. The third-order valence-electron chi connectivity index (χ3n) is 3.63. The van der Waals surface area contributed by atoms with Gasteiger partial charge in [0.05, 0.1) is 6.04 Å². The summed E-state index contributed by atoms with van der Waals surface area (Å²) < 4.78 is 0. The van der Waals surface area contributed by atoms with E-state index in [0.29, 0.717) is 12.0 Å². The van der Waals surface area contributed by atoms with E-state index >= 15 is 0 Å². The van der Waals surface area contributed by atoms with E-state index in [1.807, 2.05) is 30.3 Å². The van der Waals surface area contributed by atoms with Crippen LogP contribution in [0.3, 0.4) is 0 Å². The molecule has 126 valence electrons. The molecule has 0 spiro atoms. The molecular formula is C18H20N2O4. The maximum atomic E-state index is 12.2. The molecule has 2 aromatic carbocycles. The number of carboxylic acids is 1. The highest BCUT2D eigenvalue weighted by atomic mass is 16.4. The number of phenolic OH excluding ortho intramolecular Hbond substituents is 1. The van der Waals surface area contributed by atoms with Crippen LogP contribution in [0.25, 0.3) is 0 Å². The minimum absolute atomic E-state index is 0.0968. The normalized spacial score (nSPS) is 13.0. The van der Waals surface area contributed by atoms with Crippen LogP contribution in [-0.4, -0.2) is 34.2 Å². The van der Waals surface area contributed by atoms with Gasteiger partial charge in [-0.3, -0.25) is 4.79 Å². The van der Waals surface area contributed by atoms with Crippen molar-refractivity contribution in [2.24, 2.45) is 5.73 Å². The molecule has 6 heteroatoms. The van der Waals surface area contributed by atoms with Crippen LogP contribution in [-0.2, 0) is 22.4 Å². The number of benzene rings is 2. The van der Waals surface area contributed by atoms with E-state index in [1.54, 1.807) is 12.1 Å². The molecule has 2 atom stereocenters. The average Bonchev–Trinajstić information content (AvgIpc) is 2.56. The summed E-state index contributed by atoms with van der Waals surface area (Å²) in [6.45, 7) is 0. The molecule has 5 N–H and O–H groups in total. The number of nitrogens with one attached hydrogen (secondary N) is 1. The summed E-state index contributed by atoms with van der Waals surface area (Å²) in [5.74, 6) is -1.55. The second-order valence-electron chi connectivity index (χ2n) is 5.57. The summed E-state index contributed by atoms with van der Waals surface area (Å²) in [4.78, 5) is 23.5. The first kappa shape index (κ1) is 17.5. The SMILES string of the molecule is N[C@@H](Cc1ccccc1)C(=O)N[C@H](Cc1ccc(O)cc1)C(=O)O. The van der Waals surface area contributed by atoms with Crippen LogP contribution in [0.15, 0.2) is 54.6 Å². The zero-order valence-corrected chi connectivity index (χ0v) is 13.1. The van der Waals surface area contributed by atoms with Gasteiger partial charge in [-0.05, 0) is 29.7 Å². The Balaban J connectivity index is 1.97. The molecule has 0 heterocycles. The summed E-state index contributed by atoms with van der Waals surface area (Å²) in [6, 6.07) is 13.6. The molecule has 0 saturated carbocycles. The standard InChI is InChI=1S/C18H20N2O4/c19-15(10-12-4-2-1-3-5-12)17(22)20-16(18(23)24)11-13-6-8-14(21)9-7-13/h1-9,15-16,21H,10-11,19H2,(H,20,22)(H,23,24)/t15-,16+/m0/s1. The van der Waals surface area contributed by atoms with E-state index in [2.05, 4.69) is 5.32 Å². The van der Waals surface area contributed by atoms with Gasteiger partial charge >= 0.3 is 5.97 Å². The Labute approximate surface area is 139 Å². The van der Waals surface area contributed by atoms with Crippen molar-refractivity contribution < 1.29 is 19.8 Å². The molecule has 0 aliphatic carbocycles. The van der Waals surface area contributed by atoms with Gasteiger partial charge in [-0.25, -0.2) is 4.79 Å². The molecule has 0 aromatic heterocycles. The number of aliphatic carboxylic acids is 1. The van der Waals surface area contributed by atoms with Crippen molar-refractivity contribution in [3.8, 4) is 5.75 Å². The summed E-state index contributed by atoms with van der Waals surface area (Å²) in [5, 5.41) is 21.0. The topological polar surface area (TPSA) is 113 Å². The fourth-order valence-corrected chi connectivity index (χ4v) is 2.31. The van der Waals surface area contributed by atoms with E-state index < -0.39 is 24.0 Å². The number of rotatable bonds is 7. The van der Waals surface area contributed by atoms with Crippen molar-refractivity contribution in [3.05, 3.63) is 65.7 Å². The van der Waals surface area contributed by atoms with Gasteiger partial charge in [-0.15, -0.1) is 0 Å². The van der Waals surface area contributed by atoms with Crippen molar-refractivity contribution in [3.63, 3.8) is 0 Å². The molecule has 1 amide bonds. The number of hydrogen-bond donors (Lipinski definition) is 4. The Morgan fingerprint density at radius 3 is 2.12 bits per heavy atom. The van der Waals surface area contributed by atoms with Gasteiger partial charge in [0.2, 0.25) is 5.91 Å². The predicted molar refractivity (Wildman–Crippen MR) is 89.5 cm³/mol. The predicted octanol–water partition coefficient (Wildman–Crippen LogP) is 1.07. The van der Waals surface area contributed by atoms with E-state index in [4.69, 9.17) is 5.73 Å². The van der Waals surface area contributed by atoms with E-state index in [9.17, 15) is 19.8 Å². The van der Waals surface area contributed by atoms with Gasteiger partial charge in [-0.2, -0.15) is 0 Å². The number of phenols is 1. The van der Waals surface area contributed by atoms with Crippen LogP contribution in [0.2, 0.25) is 0 Å². The lowest BCUT2D eigenvalue weighted by molar-refractivity contribution is -0.141. The van der Waals surface area contributed by atoms with Gasteiger partial charge < -0.3 is 21.3 Å². The molecule has 6 nitrogen and oxygen atoms in total. The minimum Gasteiger partial charge on any atom is -0.508 e. The number of hydrogen-bond acceptors (Lipinski definition) is 4. The first-order valence-electron chi connectivity index (χ1n) is 7.56. The third kappa shape index (κ3) is 5.10. The van der Waals surface area contributed by atoms with Gasteiger partial charge in [0.25, 0.3) is 0 Å². The number of nitrogens with two attached hydrogens (primary N) is 1. The van der Waals surface area contributed by atoms with Crippen LogP contribution < -0.4 is 11.1 Å². The minimum atomic E-state index is -1.14. The average molecular weight is 328 g/mol. The van der Waals surface area contributed by atoms with Crippen LogP contribution in [0.1, 0.15) is 11.1 Å². The first-order chi connectivity index (χ1) is 11.5. The van der Waals surface area contributed by atoms with Gasteiger partial charge in [0, 0.05) is 6.42 Å². The maximum absolute atomic E-state index is 12.2. The molecule has 0 saturated heterocycles. The van der Waals surface area contributed by atoms with E-state index in [1.165, 1.54) is 12.1 Å². The molecule has 0 bridgehead atoms. The fourth-order valence-electron chi connectivity index (χ4n) is 2.31. The second-order valence-corrected chi connectivity index (χ2v) is 5.57. The molecule has 2 aromatic rings. The Morgan fingerprint density at radius 1 is 0.958 bits per heavy atom. The molecule has 0 fully saturated rings. The lowest BCUT2D eigenvalue weighted by Gasteiger charge is -2.18. The Bertz CT molecular complexity index is 686. The van der Waals surface area contributed by atoms with Crippen LogP contribution >= 0.6 is 0 Å². The number of carboxylic acid groups (broad SMARTS) is 1. The fraction of sp³-hybridized carbons (Fsp3) is 0.222. The largest absolute Gasteiger partial charge is 0.508 e. The molecule has 24 heavy (non-hydrogen) atoms. The third-order valence-corrected chi connectivity index (χ3v) is 3.63. The molecule has 0 unspecified atom stereocenters. The molecule has 0 aliphatic rings. The summed E-state index contributed by atoms with van der Waals surface area (Å²) in [6.07, 6.45) is 0.442. The zero-order valence-electron chi connectivity index (χ0n) is 13.1. The van der Waals surface area contributed by atoms with Crippen LogP contribution in [0.4, 0.5) is 0 Å². The van der Waals surface area contributed by atoms with Crippen LogP contribution in [0.5, 0.6) is 5.75 Å². The number of carbonyl (C=O) groups excluding carboxylic acids is 1. The monoisotopic (exact) mass is 328 g/mol. The van der Waals surface area contributed by atoms with Crippen molar-refractivity contribution >= 4 is 11.9 Å².